The molecule has 1 atom stereocenters. The topological polar surface area (TPSA) is 17.1 Å². The lowest BCUT2D eigenvalue weighted by atomic mass is 9.97. The van der Waals surface area contributed by atoms with Crippen LogP contribution >= 0.6 is 0 Å². The van der Waals surface area contributed by atoms with Crippen molar-refractivity contribution < 1.29 is 4.79 Å². The van der Waals surface area contributed by atoms with Crippen LogP contribution in [0.25, 0.3) is 0 Å². The van der Waals surface area contributed by atoms with Crippen LogP contribution in [0.15, 0.2) is 0 Å². The first-order valence-electron chi connectivity index (χ1n) is 9.16. The Hall–Kier alpha value is -0.330. The molecule has 0 amide bonds. The van der Waals surface area contributed by atoms with E-state index < -0.39 is 0 Å². The van der Waals surface area contributed by atoms with Crippen LogP contribution in [0.4, 0.5) is 0 Å². The van der Waals surface area contributed by atoms with Crippen molar-refractivity contribution in [2.75, 3.05) is 0 Å². The van der Waals surface area contributed by atoms with Crippen LogP contribution in [0.2, 0.25) is 0 Å². The summed E-state index contributed by atoms with van der Waals surface area (Å²) in [5.41, 5.74) is 0. The zero-order valence-electron chi connectivity index (χ0n) is 14.4. The molecule has 0 heterocycles. The highest BCUT2D eigenvalue weighted by Crippen LogP contribution is 2.17. The Morgan fingerprint density at radius 2 is 1.20 bits per heavy atom. The SMILES string of the molecule is CCCC[C@H](C)CCCCCCCCCCCC(C)=O. The number of carbonyl (C=O) groups is 1. The van der Waals surface area contributed by atoms with E-state index in [1.165, 1.54) is 77.0 Å². The first kappa shape index (κ1) is 19.7. The third-order valence-electron chi connectivity index (χ3n) is 4.28. The molecule has 0 fully saturated rings. The van der Waals surface area contributed by atoms with Crippen molar-refractivity contribution in [1.82, 2.24) is 0 Å². The molecule has 0 aromatic rings. The van der Waals surface area contributed by atoms with Gasteiger partial charge in [-0.25, -0.2) is 0 Å². The van der Waals surface area contributed by atoms with Crippen molar-refractivity contribution >= 4 is 5.78 Å². The fraction of sp³-hybridized carbons (Fsp3) is 0.947. The van der Waals surface area contributed by atoms with Crippen molar-refractivity contribution in [1.29, 1.82) is 0 Å². The van der Waals surface area contributed by atoms with E-state index in [1.54, 1.807) is 6.92 Å². The molecule has 0 unspecified atom stereocenters. The number of ketones is 1. The number of rotatable bonds is 15. The standard InChI is InChI=1S/C19H38O/c1-4-5-15-18(2)16-13-11-9-7-6-8-10-12-14-17-19(3)20/h18H,4-17H2,1-3H3/t18-/m0/s1. The molecule has 0 saturated heterocycles. The maximum atomic E-state index is 10.8. The molecular weight excluding hydrogens is 244 g/mol. The van der Waals surface area contributed by atoms with Gasteiger partial charge in [-0.15, -0.1) is 0 Å². The van der Waals surface area contributed by atoms with Crippen LogP contribution in [0.3, 0.4) is 0 Å². The molecule has 0 aliphatic rings. The highest BCUT2D eigenvalue weighted by molar-refractivity contribution is 5.75. The summed E-state index contributed by atoms with van der Waals surface area (Å²) in [7, 11) is 0. The number of unbranched alkanes of at least 4 members (excludes halogenated alkanes) is 9. The first-order valence-corrected chi connectivity index (χ1v) is 9.16. The second-order valence-corrected chi connectivity index (χ2v) is 6.67. The molecule has 0 saturated carbocycles. The summed E-state index contributed by atoms with van der Waals surface area (Å²) >= 11 is 0. The fourth-order valence-electron chi connectivity index (χ4n) is 2.80. The van der Waals surface area contributed by atoms with Crippen LogP contribution in [0.1, 0.15) is 111 Å². The minimum absolute atomic E-state index is 0.346. The lowest BCUT2D eigenvalue weighted by Crippen LogP contribution is -1.94. The molecule has 0 bridgehead atoms. The molecule has 1 nitrogen and oxygen atoms in total. The summed E-state index contributed by atoms with van der Waals surface area (Å²) in [6.07, 6.45) is 18.5. The zero-order valence-corrected chi connectivity index (χ0v) is 14.4. The van der Waals surface area contributed by atoms with Gasteiger partial charge in [-0.3, -0.25) is 0 Å². The molecule has 0 spiro atoms. The molecule has 0 aromatic carbocycles. The Kier molecular flexibility index (Phi) is 14.8. The van der Waals surface area contributed by atoms with Crippen LogP contribution in [0, 0.1) is 5.92 Å². The average molecular weight is 283 g/mol. The Bertz CT molecular complexity index is 210. The highest BCUT2D eigenvalue weighted by Gasteiger charge is 2.01. The molecule has 1 heteroatoms. The first-order chi connectivity index (χ1) is 9.66. The smallest absolute Gasteiger partial charge is 0.129 e. The van der Waals surface area contributed by atoms with E-state index in [1.807, 2.05) is 0 Å². The van der Waals surface area contributed by atoms with Gasteiger partial charge in [0.2, 0.25) is 0 Å². The van der Waals surface area contributed by atoms with Crippen molar-refractivity contribution in [3.05, 3.63) is 0 Å². The largest absolute Gasteiger partial charge is 0.300 e. The molecular formula is C19H38O. The fourth-order valence-corrected chi connectivity index (χ4v) is 2.80. The van der Waals surface area contributed by atoms with Crippen LogP contribution in [-0.4, -0.2) is 5.78 Å². The average Bonchev–Trinajstić information content (AvgIpc) is 2.42. The summed E-state index contributed by atoms with van der Waals surface area (Å²) in [6, 6.07) is 0. The maximum absolute atomic E-state index is 10.8. The van der Waals surface area contributed by atoms with E-state index in [4.69, 9.17) is 0 Å². The lowest BCUT2D eigenvalue weighted by Gasteiger charge is -2.10. The predicted molar refractivity (Wildman–Crippen MR) is 90.2 cm³/mol. The minimum atomic E-state index is 0.346. The molecule has 120 valence electrons. The van der Waals surface area contributed by atoms with Gasteiger partial charge in [-0.05, 0) is 19.3 Å². The van der Waals surface area contributed by atoms with Crippen molar-refractivity contribution in [3.63, 3.8) is 0 Å². The monoisotopic (exact) mass is 282 g/mol. The van der Waals surface area contributed by atoms with Crippen molar-refractivity contribution in [2.24, 2.45) is 5.92 Å². The van der Waals surface area contributed by atoms with E-state index >= 15 is 0 Å². The minimum Gasteiger partial charge on any atom is -0.300 e. The molecule has 0 radical (unpaired) electrons. The predicted octanol–water partition coefficient (Wildman–Crippen LogP) is 6.69. The molecule has 0 aliphatic heterocycles. The van der Waals surface area contributed by atoms with E-state index in [9.17, 15) is 4.79 Å². The second-order valence-electron chi connectivity index (χ2n) is 6.67. The third-order valence-corrected chi connectivity index (χ3v) is 4.28. The molecule has 0 aliphatic carbocycles. The van der Waals surface area contributed by atoms with Crippen LogP contribution < -0.4 is 0 Å². The number of Topliss-reactive ketones (excluding diaryl/α,β-unsaturated/α-hetero) is 1. The summed E-state index contributed by atoms with van der Waals surface area (Å²) < 4.78 is 0. The van der Waals surface area contributed by atoms with Gasteiger partial charge in [-0.1, -0.05) is 90.9 Å². The summed E-state index contributed by atoms with van der Waals surface area (Å²) in [5.74, 6) is 1.29. The Morgan fingerprint density at radius 3 is 1.70 bits per heavy atom. The van der Waals surface area contributed by atoms with Gasteiger partial charge >= 0.3 is 0 Å². The Morgan fingerprint density at radius 1 is 0.750 bits per heavy atom. The van der Waals surface area contributed by atoms with Crippen LogP contribution in [-0.2, 0) is 4.79 Å². The van der Waals surface area contributed by atoms with Gasteiger partial charge in [0.15, 0.2) is 0 Å². The number of hydrogen-bond donors (Lipinski definition) is 0. The van der Waals surface area contributed by atoms with E-state index in [0.29, 0.717) is 5.78 Å². The zero-order chi connectivity index (χ0) is 15.1. The van der Waals surface area contributed by atoms with Gasteiger partial charge in [-0.2, -0.15) is 0 Å². The quantitative estimate of drug-likeness (QED) is 0.306. The molecule has 0 rings (SSSR count). The summed E-state index contributed by atoms with van der Waals surface area (Å²) in [6.45, 7) is 6.40. The Balaban J connectivity index is 3.07. The molecule has 0 N–H and O–H groups in total. The maximum Gasteiger partial charge on any atom is 0.129 e. The second kappa shape index (κ2) is 15.1. The van der Waals surface area contributed by atoms with E-state index in [2.05, 4.69) is 13.8 Å². The van der Waals surface area contributed by atoms with Gasteiger partial charge in [0.25, 0.3) is 0 Å². The van der Waals surface area contributed by atoms with E-state index in [0.717, 1.165) is 18.8 Å². The Labute approximate surface area is 127 Å². The van der Waals surface area contributed by atoms with E-state index in [-0.39, 0.29) is 0 Å². The summed E-state index contributed by atoms with van der Waals surface area (Å²) in [5, 5.41) is 0. The van der Waals surface area contributed by atoms with Crippen molar-refractivity contribution in [2.45, 2.75) is 111 Å². The molecule has 20 heavy (non-hydrogen) atoms. The number of hydrogen-bond acceptors (Lipinski definition) is 1. The summed E-state index contributed by atoms with van der Waals surface area (Å²) in [4.78, 5) is 10.8. The normalized spacial score (nSPS) is 12.6. The van der Waals surface area contributed by atoms with Crippen molar-refractivity contribution in [3.8, 4) is 0 Å². The van der Waals surface area contributed by atoms with Crippen LogP contribution in [0.5, 0.6) is 0 Å². The lowest BCUT2D eigenvalue weighted by molar-refractivity contribution is -0.117. The van der Waals surface area contributed by atoms with Gasteiger partial charge in [0.05, 0.1) is 0 Å². The highest BCUT2D eigenvalue weighted by atomic mass is 16.1. The van der Waals surface area contributed by atoms with Gasteiger partial charge < -0.3 is 4.79 Å². The third kappa shape index (κ3) is 15.7. The molecule has 0 aromatic heterocycles. The van der Waals surface area contributed by atoms with Gasteiger partial charge in [0.1, 0.15) is 5.78 Å². The number of carbonyl (C=O) groups excluding carboxylic acids is 1. The van der Waals surface area contributed by atoms with Gasteiger partial charge in [0, 0.05) is 6.42 Å².